The summed E-state index contributed by atoms with van der Waals surface area (Å²) in [5.41, 5.74) is 1.67. The van der Waals surface area contributed by atoms with E-state index in [9.17, 15) is 23.8 Å². The molecular formula is C30H34F2N2O4. The van der Waals surface area contributed by atoms with Gasteiger partial charge in [-0.15, -0.1) is 0 Å². The highest BCUT2D eigenvalue weighted by molar-refractivity contribution is 5.83. The molecule has 2 aromatic carbocycles. The molecular weight excluding hydrogens is 490 g/mol. The minimum atomic E-state index is -0.836. The Bertz CT molecular complexity index is 1300. The molecule has 1 aliphatic heterocycles. The van der Waals surface area contributed by atoms with Crippen molar-refractivity contribution in [1.29, 1.82) is 0 Å². The van der Waals surface area contributed by atoms with Crippen LogP contribution in [0.1, 0.15) is 55.8 Å². The number of hydrogen-bond donors (Lipinski definition) is 2. The summed E-state index contributed by atoms with van der Waals surface area (Å²) in [5.74, 6) is -1.96. The average Bonchev–Trinajstić information content (AvgIpc) is 2.92. The molecule has 3 aromatic rings. The van der Waals surface area contributed by atoms with Crippen LogP contribution >= 0.6 is 0 Å². The second-order valence-electron chi connectivity index (χ2n) is 10.8. The number of hydrogen-bond acceptors (Lipinski definition) is 5. The van der Waals surface area contributed by atoms with Gasteiger partial charge in [0.2, 0.25) is 0 Å². The second kappa shape index (κ2) is 10.9. The third kappa shape index (κ3) is 4.99. The lowest BCUT2D eigenvalue weighted by atomic mass is 9.65. The van der Waals surface area contributed by atoms with Gasteiger partial charge in [0.05, 0.1) is 24.6 Å². The van der Waals surface area contributed by atoms with Crippen molar-refractivity contribution in [2.45, 2.75) is 50.7 Å². The van der Waals surface area contributed by atoms with E-state index in [0.29, 0.717) is 38.0 Å². The maximum Gasteiger partial charge on any atom is 0.308 e. The SMILES string of the molecule is COc1ccc2nccc([C@@H](O)CC[C@@H]3CCN(C4CC(c5c(F)cccc5F)C4C)C[C@@H]3C(=O)O)c2c1. The molecule has 6 nitrogen and oxygen atoms in total. The molecule has 202 valence electrons. The van der Waals surface area contributed by atoms with E-state index >= 15 is 0 Å². The monoisotopic (exact) mass is 524 g/mol. The molecule has 0 radical (unpaired) electrons. The van der Waals surface area contributed by atoms with Crippen LogP contribution < -0.4 is 4.74 Å². The first-order valence-corrected chi connectivity index (χ1v) is 13.3. The third-order valence-electron chi connectivity index (χ3n) is 8.83. The highest BCUT2D eigenvalue weighted by atomic mass is 19.1. The van der Waals surface area contributed by atoms with Gasteiger partial charge in [-0.1, -0.05) is 13.0 Å². The van der Waals surface area contributed by atoms with E-state index in [1.807, 2.05) is 25.1 Å². The topological polar surface area (TPSA) is 82.9 Å². The summed E-state index contributed by atoms with van der Waals surface area (Å²) in [4.78, 5) is 18.8. The highest BCUT2D eigenvalue weighted by Crippen LogP contribution is 2.48. The molecule has 1 aromatic heterocycles. The lowest BCUT2D eigenvalue weighted by Crippen LogP contribution is -2.56. The molecule has 0 bridgehead atoms. The molecule has 1 aliphatic carbocycles. The fraction of sp³-hybridized carbons (Fsp3) is 0.467. The quantitative estimate of drug-likeness (QED) is 0.402. The molecule has 5 rings (SSSR count). The number of carboxylic acid groups (broad SMARTS) is 1. The first kappa shape index (κ1) is 26.5. The molecule has 2 fully saturated rings. The van der Waals surface area contributed by atoms with Crippen molar-refractivity contribution in [3.8, 4) is 5.75 Å². The zero-order chi connectivity index (χ0) is 27.0. The number of aromatic nitrogens is 1. The van der Waals surface area contributed by atoms with Crippen LogP contribution in [0, 0.1) is 29.4 Å². The molecule has 1 saturated carbocycles. The van der Waals surface area contributed by atoms with Crippen molar-refractivity contribution < 1.29 is 28.5 Å². The molecule has 1 saturated heterocycles. The number of ether oxygens (including phenoxy) is 1. The van der Waals surface area contributed by atoms with Crippen LogP contribution in [0.3, 0.4) is 0 Å². The number of benzene rings is 2. The predicted molar refractivity (Wildman–Crippen MR) is 140 cm³/mol. The lowest BCUT2D eigenvalue weighted by Gasteiger charge is -2.52. The number of likely N-dealkylation sites (tertiary alicyclic amines) is 1. The van der Waals surface area contributed by atoms with Crippen LogP contribution in [0.5, 0.6) is 5.75 Å². The van der Waals surface area contributed by atoms with Gasteiger partial charge in [0.15, 0.2) is 0 Å². The van der Waals surface area contributed by atoms with Crippen molar-refractivity contribution in [1.82, 2.24) is 9.88 Å². The summed E-state index contributed by atoms with van der Waals surface area (Å²) >= 11 is 0. The predicted octanol–water partition coefficient (Wildman–Crippen LogP) is 5.55. The maximum atomic E-state index is 14.3. The van der Waals surface area contributed by atoms with Crippen LogP contribution in [0.15, 0.2) is 48.7 Å². The minimum Gasteiger partial charge on any atom is -0.497 e. The number of fused-ring (bicyclic) bond motifs is 1. The largest absolute Gasteiger partial charge is 0.497 e. The zero-order valence-electron chi connectivity index (χ0n) is 21.7. The molecule has 2 aliphatic rings. The van der Waals surface area contributed by atoms with Crippen molar-refractivity contribution in [2.75, 3.05) is 20.2 Å². The summed E-state index contributed by atoms with van der Waals surface area (Å²) in [6.07, 6.45) is 3.28. The Morgan fingerprint density at radius 3 is 2.66 bits per heavy atom. The normalized spacial score (nSPS) is 26.6. The second-order valence-corrected chi connectivity index (χ2v) is 10.8. The van der Waals surface area contributed by atoms with Gasteiger partial charge in [0, 0.05) is 29.7 Å². The summed E-state index contributed by atoms with van der Waals surface area (Å²) in [5, 5.41) is 21.9. The summed E-state index contributed by atoms with van der Waals surface area (Å²) in [6.45, 7) is 3.14. The standard InChI is InChI=1S/C30H34F2N2O4/c1-17-21(29-24(31)4-3-5-25(29)32)15-27(17)34-13-11-18(23(16-34)30(36)37)6-9-28(35)20-10-12-33-26-8-7-19(38-2)14-22(20)26/h3-5,7-8,10,12,14,17-18,21,23,27-28,35H,6,9,11,13,15-16H2,1-2H3,(H,36,37)/t17?,18-,21?,23+,27?,28+/m1/s1. The van der Waals surface area contributed by atoms with Crippen LogP contribution in [0.25, 0.3) is 10.9 Å². The highest BCUT2D eigenvalue weighted by Gasteiger charge is 2.47. The smallest absolute Gasteiger partial charge is 0.308 e. The zero-order valence-corrected chi connectivity index (χ0v) is 21.7. The number of halogens is 2. The molecule has 2 heterocycles. The molecule has 6 atom stereocenters. The Labute approximate surface area is 221 Å². The lowest BCUT2D eigenvalue weighted by molar-refractivity contribution is -0.147. The number of aliphatic hydroxyl groups is 1. The molecule has 2 N–H and O–H groups in total. The number of carbonyl (C=O) groups is 1. The summed E-state index contributed by atoms with van der Waals surface area (Å²) in [7, 11) is 1.59. The van der Waals surface area contributed by atoms with Gasteiger partial charge >= 0.3 is 5.97 Å². The first-order chi connectivity index (χ1) is 18.3. The van der Waals surface area contributed by atoms with Gasteiger partial charge in [0.1, 0.15) is 17.4 Å². The van der Waals surface area contributed by atoms with Crippen molar-refractivity contribution in [2.24, 2.45) is 17.8 Å². The number of methoxy groups -OCH3 is 1. The number of pyridine rings is 1. The van der Waals surface area contributed by atoms with Gasteiger partial charge in [-0.3, -0.25) is 14.7 Å². The molecule has 0 amide bonds. The van der Waals surface area contributed by atoms with Gasteiger partial charge in [-0.25, -0.2) is 8.78 Å². The molecule has 3 unspecified atom stereocenters. The van der Waals surface area contributed by atoms with E-state index in [0.717, 1.165) is 23.0 Å². The van der Waals surface area contributed by atoms with Gasteiger partial charge in [0.25, 0.3) is 0 Å². The van der Waals surface area contributed by atoms with Gasteiger partial charge in [-0.05, 0) is 91.9 Å². The fourth-order valence-corrected chi connectivity index (χ4v) is 6.53. The number of nitrogens with zero attached hydrogens (tertiary/aromatic N) is 2. The van der Waals surface area contributed by atoms with Crippen LogP contribution in [-0.2, 0) is 4.79 Å². The van der Waals surface area contributed by atoms with Crippen molar-refractivity contribution in [3.05, 3.63) is 71.4 Å². The molecule has 38 heavy (non-hydrogen) atoms. The number of aliphatic carboxylic acids is 1. The Kier molecular flexibility index (Phi) is 7.63. The van der Waals surface area contributed by atoms with Crippen LogP contribution in [0.2, 0.25) is 0 Å². The van der Waals surface area contributed by atoms with Crippen LogP contribution in [0.4, 0.5) is 8.78 Å². The number of carboxylic acids is 1. The number of aliphatic hydroxyl groups excluding tert-OH is 1. The average molecular weight is 525 g/mol. The van der Waals surface area contributed by atoms with Crippen LogP contribution in [-0.4, -0.2) is 52.3 Å². The fourth-order valence-electron chi connectivity index (χ4n) is 6.53. The van der Waals surface area contributed by atoms with E-state index in [4.69, 9.17) is 4.74 Å². The van der Waals surface area contributed by atoms with E-state index in [-0.39, 0.29) is 29.4 Å². The van der Waals surface area contributed by atoms with Gasteiger partial charge in [-0.2, -0.15) is 0 Å². The Balaban J connectivity index is 1.23. The van der Waals surface area contributed by atoms with Gasteiger partial charge < -0.3 is 14.9 Å². The first-order valence-electron chi connectivity index (χ1n) is 13.3. The van der Waals surface area contributed by atoms with Crippen molar-refractivity contribution in [3.63, 3.8) is 0 Å². The Hall–Kier alpha value is -3.10. The number of piperidine rings is 1. The van der Waals surface area contributed by atoms with E-state index in [1.54, 1.807) is 19.4 Å². The Morgan fingerprint density at radius 2 is 1.97 bits per heavy atom. The van der Waals surface area contributed by atoms with E-state index < -0.39 is 29.6 Å². The Morgan fingerprint density at radius 1 is 1.21 bits per heavy atom. The minimum absolute atomic E-state index is 0.0335. The van der Waals surface area contributed by atoms with Crippen molar-refractivity contribution >= 4 is 16.9 Å². The maximum absolute atomic E-state index is 14.3. The third-order valence-corrected chi connectivity index (χ3v) is 8.83. The summed E-state index contributed by atoms with van der Waals surface area (Å²) in [6, 6.07) is 11.4. The van der Waals surface area contributed by atoms with E-state index in [2.05, 4.69) is 9.88 Å². The molecule has 0 spiro atoms. The molecule has 8 heteroatoms. The summed E-state index contributed by atoms with van der Waals surface area (Å²) < 4.78 is 34.0. The number of rotatable bonds is 8. The van der Waals surface area contributed by atoms with E-state index in [1.165, 1.54) is 18.2 Å².